The van der Waals surface area contributed by atoms with Crippen LogP contribution >= 0.6 is 11.8 Å². The Morgan fingerprint density at radius 1 is 1.35 bits per heavy atom. The van der Waals surface area contributed by atoms with Crippen LogP contribution in [-0.4, -0.2) is 48.5 Å². The highest BCUT2D eigenvalue weighted by atomic mass is 32.2. The molecule has 0 aromatic carbocycles. The molecule has 0 amide bonds. The Morgan fingerprint density at radius 3 is 2.76 bits per heavy atom. The summed E-state index contributed by atoms with van der Waals surface area (Å²) in [6.07, 6.45) is 2.99. The fourth-order valence-corrected chi connectivity index (χ4v) is 2.18. The minimum atomic E-state index is -0.381. The summed E-state index contributed by atoms with van der Waals surface area (Å²) >= 11 is 1.96. The van der Waals surface area contributed by atoms with Crippen LogP contribution in [0.1, 0.15) is 40.0 Å². The van der Waals surface area contributed by atoms with Gasteiger partial charge in [-0.3, -0.25) is 0 Å². The fraction of sp³-hybridized carbons (Fsp3) is 1.00. The van der Waals surface area contributed by atoms with Gasteiger partial charge in [0.15, 0.2) is 0 Å². The van der Waals surface area contributed by atoms with E-state index in [4.69, 9.17) is 4.74 Å². The standard InChI is InChI=1S/C13H29NO2S/c1-4-6-8-16-11-13(15)10-14-12(3)7-9-17-5-2/h12-15H,4-11H2,1-3H3. The van der Waals surface area contributed by atoms with Gasteiger partial charge in [0.05, 0.1) is 12.7 Å². The Kier molecular flexibility index (Phi) is 12.9. The number of thioether (sulfide) groups is 1. The van der Waals surface area contributed by atoms with Crippen LogP contribution in [-0.2, 0) is 4.74 Å². The SMILES string of the molecule is CCCCOCC(O)CNC(C)CCSCC. The molecule has 17 heavy (non-hydrogen) atoms. The number of aliphatic hydroxyl groups is 1. The summed E-state index contributed by atoms with van der Waals surface area (Å²) in [5.74, 6) is 2.37. The molecule has 0 aliphatic rings. The Balaban J connectivity index is 3.32. The van der Waals surface area contributed by atoms with Crippen molar-refractivity contribution in [3.8, 4) is 0 Å². The molecule has 0 fully saturated rings. The van der Waals surface area contributed by atoms with Crippen LogP contribution in [0.3, 0.4) is 0 Å². The first-order chi connectivity index (χ1) is 8.20. The third-order valence-electron chi connectivity index (χ3n) is 2.55. The van der Waals surface area contributed by atoms with Crippen molar-refractivity contribution in [1.82, 2.24) is 5.32 Å². The number of rotatable bonds is 12. The summed E-state index contributed by atoms with van der Waals surface area (Å²) < 4.78 is 5.37. The lowest BCUT2D eigenvalue weighted by molar-refractivity contribution is 0.0348. The Bertz CT molecular complexity index is 158. The third kappa shape index (κ3) is 12.5. The number of hydrogen-bond donors (Lipinski definition) is 2. The van der Waals surface area contributed by atoms with Crippen LogP contribution in [0.2, 0.25) is 0 Å². The molecule has 0 spiro atoms. The van der Waals surface area contributed by atoms with Crippen LogP contribution in [0.4, 0.5) is 0 Å². The molecule has 0 aromatic rings. The van der Waals surface area contributed by atoms with Gasteiger partial charge < -0.3 is 15.2 Å². The second kappa shape index (κ2) is 12.7. The Labute approximate surface area is 111 Å². The number of ether oxygens (including phenoxy) is 1. The molecule has 0 aliphatic carbocycles. The van der Waals surface area contributed by atoms with Gasteiger partial charge in [-0.25, -0.2) is 0 Å². The fourth-order valence-electron chi connectivity index (χ4n) is 1.37. The quantitative estimate of drug-likeness (QED) is 0.530. The van der Waals surface area contributed by atoms with Crippen molar-refractivity contribution in [3.05, 3.63) is 0 Å². The molecular weight excluding hydrogens is 234 g/mol. The van der Waals surface area contributed by atoms with Crippen LogP contribution < -0.4 is 5.32 Å². The molecular formula is C13H29NO2S. The van der Waals surface area contributed by atoms with Crippen molar-refractivity contribution in [3.63, 3.8) is 0 Å². The Morgan fingerprint density at radius 2 is 2.12 bits per heavy atom. The van der Waals surface area contributed by atoms with Crippen LogP contribution in [0.25, 0.3) is 0 Å². The first-order valence-electron chi connectivity index (χ1n) is 6.77. The second-order valence-electron chi connectivity index (χ2n) is 4.38. The topological polar surface area (TPSA) is 41.5 Å². The van der Waals surface area contributed by atoms with Crippen molar-refractivity contribution in [1.29, 1.82) is 0 Å². The summed E-state index contributed by atoms with van der Waals surface area (Å²) in [4.78, 5) is 0. The average Bonchev–Trinajstić information content (AvgIpc) is 2.32. The zero-order chi connectivity index (χ0) is 12.9. The first kappa shape index (κ1) is 17.2. The molecule has 0 radical (unpaired) electrons. The Hall–Kier alpha value is 0.230. The van der Waals surface area contributed by atoms with Gasteiger partial charge in [-0.05, 0) is 31.3 Å². The highest BCUT2D eigenvalue weighted by molar-refractivity contribution is 7.99. The predicted molar refractivity (Wildman–Crippen MR) is 76.8 cm³/mol. The average molecular weight is 263 g/mol. The lowest BCUT2D eigenvalue weighted by Crippen LogP contribution is -2.36. The van der Waals surface area contributed by atoms with E-state index < -0.39 is 0 Å². The molecule has 0 aromatic heterocycles. The second-order valence-corrected chi connectivity index (χ2v) is 5.77. The molecule has 0 bridgehead atoms. The number of unbranched alkanes of at least 4 members (excludes halogenated alkanes) is 1. The molecule has 4 heteroatoms. The van der Waals surface area contributed by atoms with E-state index in [-0.39, 0.29) is 6.10 Å². The van der Waals surface area contributed by atoms with E-state index in [1.807, 2.05) is 11.8 Å². The normalized spacial score (nSPS) is 14.8. The zero-order valence-electron chi connectivity index (χ0n) is 11.6. The highest BCUT2D eigenvalue weighted by Gasteiger charge is 2.06. The van der Waals surface area contributed by atoms with E-state index in [0.29, 0.717) is 19.2 Å². The minimum Gasteiger partial charge on any atom is -0.389 e. The first-order valence-corrected chi connectivity index (χ1v) is 7.93. The molecule has 3 nitrogen and oxygen atoms in total. The molecule has 2 N–H and O–H groups in total. The summed E-state index contributed by atoms with van der Waals surface area (Å²) in [6, 6.07) is 0.472. The van der Waals surface area contributed by atoms with Gasteiger partial charge in [0, 0.05) is 19.2 Å². The molecule has 0 rings (SSSR count). The molecule has 0 saturated heterocycles. The summed E-state index contributed by atoms with van der Waals surface area (Å²) in [5, 5.41) is 13.0. The summed E-state index contributed by atoms with van der Waals surface area (Å²) in [7, 11) is 0. The predicted octanol–water partition coefficient (Wildman–Crippen LogP) is 2.29. The van der Waals surface area contributed by atoms with Gasteiger partial charge in [-0.2, -0.15) is 11.8 Å². The van der Waals surface area contributed by atoms with E-state index in [0.717, 1.165) is 25.9 Å². The molecule has 2 atom stereocenters. The molecule has 0 aliphatic heterocycles. The maximum absolute atomic E-state index is 9.68. The largest absolute Gasteiger partial charge is 0.389 e. The van der Waals surface area contributed by atoms with E-state index in [2.05, 4.69) is 26.1 Å². The minimum absolute atomic E-state index is 0.381. The number of hydrogen-bond acceptors (Lipinski definition) is 4. The van der Waals surface area contributed by atoms with E-state index in [1.54, 1.807) is 0 Å². The number of aliphatic hydroxyl groups excluding tert-OH is 1. The zero-order valence-corrected chi connectivity index (χ0v) is 12.4. The monoisotopic (exact) mass is 263 g/mol. The van der Waals surface area contributed by atoms with Crippen LogP contribution in [0.15, 0.2) is 0 Å². The van der Waals surface area contributed by atoms with Crippen molar-refractivity contribution in [2.75, 3.05) is 31.3 Å². The summed E-state index contributed by atoms with van der Waals surface area (Å²) in [5.41, 5.74) is 0. The van der Waals surface area contributed by atoms with Gasteiger partial charge in [-0.15, -0.1) is 0 Å². The molecule has 0 heterocycles. The number of nitrogens with one attached hydrogen (secondary N) is 1. The third-order valence-corrected chi connectivity index (χ3v) is 3.49. The smallest absolute Gasteiger partial charge is 0.0897 e. The van der Waals surface area contributed by atoms with Crippen LogP contribution in [0.5, 0.6) is 0 Å². The van der Waals surface area contributed by atoms with Crippen molar-refractivity contribution >= 4 is 11.8 Å². The van der Waals surface area contributed by atoms with Gasteiger partial charge >= 0.3 is 0 Å². The highest BCUT2D eigenvalue weighted by Crippen LogP contribution is 2.03. The van der Waals surface area contributed by atoms with Gasteiger partial charge in [0.1, 0.15) is 0 Å². The maximum atomic E-state index is 9.68. The van der Waals surface area contributed by atoms with Crippen molar-refractivity contribution in [2.24, 2.45) is 0 Å². The lowest BCUT2D eigenvalue weighted by Gasteiger charge is -2.17. The summed E-state index contributed by atoms with van der Waals surface area (Å²) in [6.45, 7) is 8.32. The maximum Gasteiger partial charge on any atom is 0.0897 e. The van der Waals surface area contributed by atoms with Crippen LogP contribution in [0, 0.1) is 0 Å². The van der Waals surface area contributed by atoms with Crippen molar-refractivity contribution in [2.45, 2.75) is 52.2 Å². The van der Waals surface area contributed by atoms with Gasteiger partial charge in [-0.1, -0.05) is 20.3 Å². The van der Waals surface area contributed by atoms with Gasteiger partial charge in [0.25, 0.3) is 0 Å². The van der Waals surface area contributed by atoms with E-state index in [9.17, 15) is 5.11 Å². The van der Waals surface area contributed by atoms with Gasteiger partial charge in [0.2, 0.25) is 0 Å². The van der Waals surface area contributed by atoms with E-state index in [1.165, 1.54) is 11.5 Å². The van der Waals surface area contributed by atoms with E-state index >= 15 is 0 Å². The lowest BCUT2D eigenvalue weighted by atomic mass is 10.2. The molecule has 0 saturated carbocycles. The van der Waals surface area contributed by atoms with Crippen molar-refractivity contribution < 1.29 is 9.84 Å². The molecule has 104 valence electrons. The molecule has 2 unspecified atom stereocenters.